The SMILES string of the molecule is COC(=O)c1ccc(Nc2ccc(OCC(C)C)c(C(C)C)c2)c([N+](=O)[O-])c1. The highest BCUT2D eigenvalue weighted by atomic mass is 16.6. The van der Waals surface area contributed by atoms with Gasteiger partial charge in [0.1, 0.15) is 11.4 Å². The largest absolute Gasteiger partial charge is 0.493 e. The van der Waals surface area contributed by atoms with Crippen molar-refractivity contribution >= 4 is 23.0 Å². The molecule has 0 atom stereocenters. The van der Waals surface area contributed by atoms with Crippen molar-refractivity contribution in [1.29, 1.82) is 0 Å². The molecule has 0 aromatic heterocycles. The molecule has 0 fully saturated rings. The predicted molar refractivity (Wildman–Crippen MR) is 109 cm³/mol. The molecule has 0 aliphatic carbocycles. The summed E-state index contributed by atoms with van der Waals surface area (Å²) in [5, 5.41) is 14.5. The number of ether oxygens (including phenoxy) is 2. The van der Waals surface area contributed by atoms with Gasteiger partial charge in [-0.2, -0.15) is 0 Å². The van der Waals surface area contributed by atoms with Gasteiger partial charge in [-0.3, -0.25) is 10.1 Å². The molecule has 0 spiro atoms. The fourth-order valence-corrected chi connectivity index (χ4v) is 2.65. The van der Waals surface area contributed by atoms with E-state index in [1.165, 1.54) is 25.3 Å². The first-order valence-corrected chi connectivity index (χ1v) is 9.13. The summed E-state index contributed by atoms with van der Waals surface area (Å²) >= 11 is 0. The van der Waals surface area contributed by atoms with E-state index in [9.17, 15) is 14.9 Å². The maximum Gasteiger partial charge on any atom is 0.338 e. The average Bonchev–Trinajstić information content (AvgIpc) is 2.66. The number of nitrogens with zero attached hydrogens (tertiary/aromatic N) is 1. The van der Waals surface area contributed by atoms with Crippen LogP contribution in [0, 0.1) is 16.0 Å². The van der Waals surface area contributed by atoms with Gasteiger partial charge in [0, 0.05) is 11.8 Å². The Morgan fingerprint density at radius 2 is 1.86 bits per heavy atom. The molecule has 2 rings (SSSR count). The van der Waals surface area contributed by atoms with Gasteiger partial charge in [-0.25, -0.2) is 4.79 Å². The molecule has 1 N–H and O–H groups in total. The van der Waals surface area contributed by atoms with Crippen LogP contribution in [0.25, 0.3) is 0 Å². The fraction of sp³-hybridized carbons (Fsp3) is 0.381. The zero-order chi connectivity index (χ0) is 20.8. The smallest absolute Gasteiger partial charge is 0.338 e. The van der Waals surface area contributed by atoms with E-state index >= 15 is 0 Å². The Morgan fingerprint density at radius 1 is 1.14 bits per heavy atom. The first-order chi connectivity index (χ1) is 13.2. The number of esters is 1. The fourth-order valence-electron chi connectivity index (χ4n) is 2.65. The second-order valence-corrected chi connectivity index (χ2v) is 7.22. The van der Waals surface area contributed by atoms with Gasteiger partial charge in [0.2, 0.25) is 0 Å². The number of rotatable bonds is 8. The second-order valence-electron chi connectivity index (χ2n) is 7.22. The van der Waals surface area contributed by atoms with Crippen molar-refractivity contribution in [2.45, 2.75) is 33.6 Å². The molecule has 0 unspecified atom stereocenters. The number of anilines is 2. The van der Waals surface area contributed by atoms with E-state index in [1.54, 1.807) is 0 Å². The zero-order valence-corrected chi connectivity index (χ0v) is 16.8. The van der Waals surface area contributed by atoms with Gasteiger partial charge in [-0.15, -0.1) is 0 Å². The maximum atomic E-state index is 11.6. The highest BCUT2D eigenvalue weighted by Crippen LogP contribution is 2.33. The van der Waals surface area contributed by atoms with E-state index in [1.807, 2.05) is 18.2 Å². The first-order valence-electron chi connectivity index (χ1n) is 9.13. The number of nitro benzene ring substituents is 1. The lowest BCUT2D eigenvalue weighted by Gasteiger charge is -2.17. The molecule has 0 aliphatic heterocycles. The lowest BCUT2D eigenvalue weighted by Crippen LogP contribution is -2.07. The molecule has 0 aliphatic rings. The zero-order valence-electron chi connectivity index (χ0n) is 16.8. The Balaban J connectivity index is 2.35. The molecule has 2 aromatic rings. The Hall–Kier alpha value is -3.09. The van der Waals surface area contributed by atoms with Gasteiger partial charge in [-0.1, -0.05) is 27.7 Å². The summed E-state index contributed by atoms with van der Waals surface area (Å²) in [7, 11) is 1.23. The molecular formula is C21H26N2O5. The molecule has 150 valence electrons. The highest BCUT2D eigenvalue weighted by molar-refractivity contribution is 5.91. The minimum atomic E-state index is -0.622. The molecular weight excluding hydrogens is 360 g/mol. The number of nitrogens with one attached hydrogen (secondary N) is 1. The number of methoxy groups -OCH3 is 1. The summed E-state index contributed by atoms with van der Waals surface area (Å²) in [6.45, 7) is 8.92. The van der Waals surface area contributed by atoms with Gasteiger partial charge in [-0.05, 0) is 47.7 Å². The number of carbonyl (C=O) groups excluding carboxylic acids is 1. The molecule has 7 nitrogen and oxygen atoms in total. The molecule has 0 saturated carbocycles. The van der Waals surface area contributed by atoms with Gasteiger partial charge >= 0.3 is 5.97 Å². The molecule has 0 radical (unpaired) electrons. The predicted octanol–water partition coefficient (Wildman–Crippen LogP) is 5.28. The van der Waals surface area contributed by atoms with Gasteiger partial charge in [0.05, 0.1) is 24.2 Å². The van der Waals surface area contributed by atoms with Crippen LogP contribution >= 0.6 is 0 Å². The van der Waals surface area contributed by atoms with E-state index in [0.717, 1.165) is 11.3 Å². The Morgan fingerprint density at radius 3 is 2.43 bits per heavy atom. The molecule has 2 aromatic carbocycles. The normalized spacial score (nSPS) is 10.8. The van der Waals surface area contributed by atoms with Crippen LogP contribution < -0.4 is 10.1 Å². The molecule has 0 heterocycles. The third-order valence-electron chi connectivity index (χ3n) is 4.10. The van der Waals surface area contributed by atoms with Crippen LogP contribution in [0.3, 0.4) is 0 Å². The summed E-state index contributed by atoms with van der Waals surface area (Å²) in [4.78, 5) is 22.6. The summed E-state index contributed by atoms with van der Waals surface area (Å²) in [6.07, 6.45) is 0. The third-order valence-corrected chi connectivity index (χ3v) is 4.10. The quantitative estimate of drug-likeness (QED) is 0.377. The summed E-state index contributed by atoms with van der Waals surface area (Å²) in [5.41, 5.74) is 1.94. The third kappa shape index (κ3) is 5.22. The minimum absolute atomic E-state index is 0.125. The Kier molecular flexibility index (Phi) is 6.98. The Labute approximate surface area is 164 Å². The van der Waals surface area contributed by atoms with Crippen LogP contribution in [-0.4, -0.2) is 24.6 Å². The molecule has 0 amide bonds. The monoisotopic (exact) mass is 386 g/mol. The van der Waals surface area contributed by atoms with Crippen molar-refractivity contribution in [1.82, 2.24) is 0 Å². The first kappa shape index (κ1) is 21.2. The van der Waals surface area contributed by atoms with E-state index in [4.69, 9.17) is 4.74 Å². The Bertz CT molecular complexity index is 862. The van der Waals surface area contributed by atoms with Crippen LogP contribution in [0.2, 0.25) is 0 Å². The van der Waals surface area contributed by atoms with Crippen LogP contribution in [0.4, 0.5) is 17.1 Å². The number of benzene rings is 2. The van der Waals surface area contributed by atoms with Crippen LogP contribution in [-0.2, 0) is 4.74 Å². The van der Waals surface area contributed by atoms with E-state index in [2.05, 4.69) is 37.7 Å². The van der Waals surface area contributed by atoms with E-state index in [0.29, 0.717) is 23.9 Å². The van der Waals surface area contributed by atoms with Gasteiger partial charge < -0.3 is 14.8 Å². The standard InChI is InChI=1S/C21H26N2O5/c1-13(2)12-28-20-9-7-16(11-17(20)14(3)4)22-18-8-6-15(21(24)27-5)10-19(18)23(25)26/h6-11,13-14,22H,12H2,1-5H3. The van der Waals surface area contributed by atoms with Crippen molar-refractivity contribution < 1.29 is 19.2 Å². The van der Waals surface area contributed by atoms with Crippen LogP contribution in [0.1, 0.15) is 49.5 Å². The highest BCUT2D eigenvalue weighted by Gasteiger charge is 2.19. The van der Waals surface area contributed by atoms with Gasteiger partial charge in [0.15, 0.2) is 0 Å². The molecule has 0 saturated heterocycles. The topological polar surface area (TPSA) is 90.7 Å². The van der Waals surface area contributed by atoms with Crippen LogP contribution in [0.5, 0.6) is 5.75 Å². The van der Waals surface area contributed by atoms with Crippen molar-refractivity contribution in [2.75, 3.05) is 19.0 Å². The lowest BCUT2D eigenvalue weighted by atomic mass is 10.0. The minimum Gasteiger partial charge on any atom is -0.493 e. The van der Waals surface area contributed by atoms with Crippen molar-refractivity contribution in [2.24, 2.45) is 5.92 Å². The maximum absolute atomic E-state index is 11.6. The summed E-state index contributed by atoms with van der Waals surface area (Å²) in [6, 6.07) is 9.82. The van der Waals surface area contributed by atoms with E-state index < -0.39 is 10.9 Å². The van der Waals surface area contributed by atoms with E-state index in [-0.39, 0.29) is 17.2 Å². The summed E-state index contributed by atoms with van der Waals surface area (Å²) in [5.74, 6) is 0.822. The van der Waals surface area contributed by atoms with Crippen molar-refractivity contribution in [3.8, 4) is 5.75 Å². The van der Waals surface area contributed by atoms with Crippen molar-refractivity contribution in [3.63, 3.8) is 0 Å². The number of hydrogen-bond donors (Lipinski definition) is 1. The molecule has 7 heteroatoms. The van der Waals surface area contributed by atoms with Crippen LogP contribution in [0.15, 0.2) is 36.4 Å². The molecule has 28 heavy (non-hydrogen) atoms. The van der Waals surface area contributed by atoms with Gasteiger partial charge in [0.25, 0.3) is 5.69 Å². The lowest BCUT2D eigenvalue weighted by molar-refractivity contribution is -0.383. The number of hydrogen-bond acceptors (Lipinski definition) is 6. The average molecular weight is 386 g/mol. The van der Waals surface area contributed by atoms with Crippen molar-refractivity contribution in [3.05, 3.63) is 57.6 Å². The molecule has 0 bridgehead atoms. The number of carbonyl (C=O) groups is 1. The second kappa shape index (κ2) is 9.21. The summed E-state index contributed by atoms with van der Waals surface area (Å²) < 4.78 is 10.5. The number of nitro groups is 1.